The molecule has 0 radical (unpaired) electrons. The van der Waals surface area contributed by atoms with E-state index in [4.69, 9.17) is 38.5 Å². The first kappa shape index (κ1) is 9.88. The maximum Gasteiger partial charge on any atom is 0.372 e. The fraction of sp³-hybridized carbons (Fsp3) is 0. The average Bonchev–Trinajstić information content (AvgIpc) is 2.03. The second-order valence-electron chi connectivity index (χ2n) is 2.19. The van der Waals surface area contributed by atoms with Crippen molar-refractivity contribution in [1.82, 2.24) is 0 Å². The summed E-state index contributed by atoms with van der Waals surface area (Å²) in [5.41, 5.74) is 0.571. The normalized spacial score (nSPS) is 10.8. The van der Waals surface area contributed by atoms with E-state index in [2.05, 4.69) is 0 Å². The molecule has 0 atom stereocenters. The highest BCUT2D eigenvalue weighted by Crippen LogP contribution is 2.19. The summed E-state index contributed by atoms with van der Waals surface area (Å²) in [6, 6.07) is 5.87. The molecule has 0 aliphatic carbocycles. The topological polar surface area (TPSA) is 23.8 Å². The number of nitriles is 1. The maximum atomic E-state index is 8.49. The summed E-state index contributed by atoms with van der Waals surface area (Å²) < 4.78 is 0. The average molecular weight is 237 g/mol. The third-order valence-corrected chi connectivity index (χ3v) is 4.29. The molecule has 0 amide bonds. The molecule has 1 nitrogen and oxygen atoms in total. The molecular formula is C7H4Cl3NSi. The van der Waals surface area contributed by atoms with Gasteiger partial charge in [0.25, 0.3) is 0 Å². The summed E-state index contributed by atoms with van der Waals surface area (Å²) in [6.45, 7) is 0. The van der Waals surface area contributed by atoms with Gasteiger partial charge in [-0.05, 0) is 17.3 Å². The van der Waals surface area contributed by atoms with Crippen molar-refractivity contribution in [2.24, 2.45) is 0 Å². The fourth-order valence-corrected chi connectivity index (χ4v) is 2.41. The van der Waals surface area contributed by atoms with Gasteiger partial charge in [0.15, 0.2) is 0 Å². The lowest BCUT2D eigenvalue weighted by Crippen LogP contribution is -2.29. The van der Waals surface area contributed by atoms with Crippen LogP contribution < -0.4 is 5.19 Å². The lowest BCUT2D eigenvalue weighted by Gasteiger charge is -2.06. The number of benzene rings is 1. The highest BCUT2D eigenvalue weighted by atomic mass is 35.8. The van der Waals surface area contributed by atoms with E-state index in [1.165, 1.54) is 0 Å². The van der Waals surface area contributed by atoms with Crippen LogP contribution in [0.4, 0.5) is 0 Å². The summed E-state index contributed by atoms with van der Waals surface area (Å²) in [5, 5.41) is 9.19. The minimum atomic E-state index is -2.76. The summed E-state index contributed by atoms with van der Waals surface area (Å²) in [7, 11) is 0. The zero-order valence-electron chi connectivity index (χ0n) is 5.89. The molecule has 1 aromatic rings. The summed E-state index contributed by atoms with van der Waals surface area (Å²) in [6.07, 6.45) is 0. The Morgan fingerprint density at radius 3 is 1.92 bits per heavy atom. The minimum absolute atomic E-state index is 0.571. The van der Waals surface area contributed by atoms with Gasteiger partial charge in [-0.15, -0.1) is 33.2 Å². The van der Waals surface area contributed by atoms with Crippen LogP contribution in [0, 0.1) is 11.3 Å². The molecule has 0 aliphatic rings. The van der Waals surface area contributed by atoms with E-state index in [1.54, 1.807) is 24.3 Å². The zero-order valence-corrected chi connectivity index (χ0v) is 9.16. The second-order valence-corrected chi connectivity index (χ2v) is 10.6. The van der Waals surface area contributed by atoms with Crippen molar-refractivity contribution in [3.05, 3.63) is 29.8 Å². The van der Waals surface area contributed by atoms with Crippen molar-refractivity contribution in [3.63, 3.8) is 0 Å². The molecule has 5 heteroatoms. The second kappa shape index (κ2) is 3.67. The van der Waals surface area contributed by atoms with Crippen LogP contribution in [0.25, 0.3) is 0 Å². The molecule has 0 heterocycles. The Balaban J connectivity index is 3.02. The van der Waals surface area contributed by atoms with Crippen molar-refractivity contribution in [2.45, 2.75) is 0 Å². The van der Waals surface area contributed by atoms with Gasteiger partial charge in [-0.3, -0.25) is 0 Å². The van der Waals surface area contributed by atoms with Crippen LogP contribution >= 0.6 is 33.2 Å². The number of halogens is 3. The van der Waals surface area contributed by atoms with E-state index in [0.717, 1.165) is 0 Å². The van der Waals surface area contributed by atoms with Gasteiger partial charge < -0.3 is 0 Å². The van der Waals surface area contributed by atoms with Crippen LogP contribution in [-0.2, 0) is 0 Å². The Morgan fingerprint density at radius 2 is 1.58 bits per heavy atom. The zero-order chi connectivity index (χ0) is 9.19. The van der Waals surface area contributed by atoms with Crippen LogP contribution in [0.5, 0.6) is 0 Å². The van der Waals surface area contributed by atoms with Crippen molar-refractivity contribution in [3.8, 4) is 6.07 Å². The molecule has 0 aromatic heterocycles. The predicted octanol–water partition coefficient (Wildman–Crippen LogP) is 2.42. The molecule has 62 valence electrons. The third kappa shape index (κ3) is 2.39. The number of hydrogen-bond donors (Lipinski definition) is 0. The molecule has 0 saturated heterocycles. The first-order valence-electron chi connectivity index (χ1n) is 3.11. The first-order chi connectivity index (χ1) is 5.54. The lowest BCUT2D eigenvalue weighted by molar-refractivity contribution is 1.49. The van der Waals surface area contributed by atoms with Gasteiger partial charge in [0.05, 0.1) is 11.6 Å². The van der Waals surface area contributed by atoms with Crippen molar-refractivity contribution >= 4 is 44.4 Å². The van der Waals surface area contributed by atoms with Gasteiger partial charge in [-0.25, -0.2) is 0 Å². The minimum Gasteiger partial charge on any atom is -0.192 e. The number of nitrogens with zero attached hydrogens (tertiary/aromatic N) is 1. The van der Waals surface area contributed by atoms with Gasteiger partial charge in [-0.1, -0.05) is 12.1 Å². The standard InChI is InChI=1S/C7H4Cl3NSi/c8-12(9,10)7-3-1-6(5-11)2-4-7/h1-4H. The van der Waals surface area contributed by atoms with Gasteiger partial charge in [-0.2, -0.15) is 5.26 Å². The van der Waals surface area contributed by atoms with Gasteiger partial charge in [0.2, 0.25) is 0 Å². The Bertz CT molecular complexity index is 309. The largest absolute Gasteiger partial charge is 0.372 e. The molecule has 0 saturated carbocycles. The molecular weight excluding hydrogens is 233 g/mol. The monoisotopic (exact) mass is 235 g/mol. The summed E-state index contributed by atoms with van der Waals surface area (Å²) >= 11 is 17.2. The van der Waals surface area contributed by atoms with E-state index < -0.39 is 6.00 Å². The van der Waals surface area contributed by atoms with Crippen LogP contribution in [0.15, 0.2) is 24.3 Å². The molecule has 0 bridgehead atoms. The number of hydrogen-bond acceptors (Lipinski definition) is 1. The quantitative estimate of drug-likeness (QED) is 0.543. The molecule has 0 fully saturated rings. The molecule has 12 heavy (non-hydrogen) atoms. The first-order valence-corrected chi connectivity index (χ1v) is 8.15. The molecule has 0 unspecified atom stereocenters. The molecule has 0 N–H and O–H groups in total. The highest BCUT2D eigenvalue weighted by molar-refractivity contribution is 7.69. The maximum absolute atomic E-state index is 8.49. The smallest absolute Gasteiger partial charge is 0.192 e. The predicted molar refractivity (Wildman–Crippen MR) is 54.1 cm³/mol. The molecule has 0 aliphatic heterocycles. The third-order valence-electron chi connectivity index (χ3n) is 1.34. The van der Waals surface area contributed by atoms with Gasteiger partial charge >= 0.3 is 6.00 Å². The Labute approximate surface area is 85.6 Å². The number of rotatable bonds is 1. The Kier molecular flexibility index (Phi) is 3.02. The SMILES string of the molecule is N#Cc1ccc([Si](Cl)(Cl)Cl)cc1. The van der Waals surface area contributed by atoms with Crippen LogP contribution in [0.2, 0.25) is 0 Å². The molecule has 1 aromatic carbocycles. The lowest BCUT2D eigenvalue weighted by atomic mass is 10.2. The highest BCUT2D eigenvalue weighted by Gasteiger charge is 2.27. The summed E-state index contributed by atoms with van der Waals surface area (Å²) in [4.78, 5) is 0. The van der Waals surface area contributed by atoms with E-state index in [1.807, 2.05) is 6.07 Å². The van der Waals surface area contributed by atoms with Gasteiger partial charge in [0.1, 0.15) is 0 Å². The Hall–Kier alpha value is -0.203. The van der Waals surface area contributed by atoms with Gasteiger partial charge in [0, 0.05) is 0 Å². The fourth-order valence-electron chi connectivity index (χ4n) is 0.734. The van der Waals surface area contributed by atoms with E-state index >= 15 is 0 Å². The van der Waals surface area contributed by atoms with Crippen molar-refractivity contribution in [1.29, 1.82) is 5.26 Å². The van der Waals surface area contributed by atoms with Crippen LogP contribution in [-0.4, -0.2) is 6.00 Å². The van der Waals surface area contributed by atoms with Crippen LogP contribution in [0.1, 0.15) is 5.56 Å². The van der Waals surface area contributed by atoms with E-state index in [0.29, 0.717) is 10.8 Å². The Morgan fingerprint density at radius 1 is 1.08 bits per heavy atom. The van der Waals surface area contributed by atoms with E-state index in [-0.39, 0.29) is 0 Å². The molecule has 0 spiro atoms. The van der Waals surface area contributed by atoms with E-state index in [9.17, 15) is 0 Å². The van der Waals surface area contributed by atoms with Crippen molar-refractivity contribution in [2.75, 3.05) is 0 Å². The van der Waals surface area contributed by atoms with Crippen LogP contribution in [0.3, 0.4) is 0 Å². The molecule has 1 rings (SSSR count). The summed E-state index contributed by atoms with van der Waals surface area (Å²) in [5.74, 6) is 0. The van der Waals surface area contributed by atoms with Crippen molar-refractivity contribution < 1.29 is 0 Å².